The number of nitrogens with zero attached hydrogens (tertiary/aromatic N) is 1. The summed E-state index contributed by atoms with van der Waals surface area (Å²) in [6, 6.07) is 7.63. The van der Waals surface area contributed by atoms with Crippen molar-refractivity contribution in [3.8, 4) is 0 Å². The molecule has 1 aromatic rings. The van der Waals surface area contributed by atoms with Gasteiger partial charge in [-0.3, -0.25) is 15.2 Å². The van der Waals surface area contributed by atoms with Crippen molar-refractivity contribution in [3.05, 3.63) is 29.8 Å². The summed E-state index contributed by atoms with van der Waals surface area (Å²) >= 11 is 0. The molecule has 0 saturated carbocycles. The van der Waals surface area contributed by atoms with E-state index in [0.717, 1.165) is 11.3 Å². The number of hydrogen-bond acceptors (Lipinski definition) is 4. The molecular weight excluding hydrogens is 220 g/mol. The van der Waals surface area contributed by atoms with Gasteiger partial charge >= 0.3 is 0 Å². The van der Waals surface area contributed by atoms with Crippen LogP contribution in [0.5, 0.6) is 0 Å². The van der Waals surface area contributed by atoms with Crippen molar-refractivity contribution in [1.29, 1.82) is 0 Å². The third-order valence-corrected chi connectivity index (χ3v) is 3.19. The van der Waals surface area contributed by atoms with Gasteiger partial charge in [0.15, 0.2) is 0 Å². The maximum absolute atomic E-state index is 11.8. The smallest absolute Gasteiger partial charge is 0.251 e. The monoisotopic (exact) mass is 236 g/mol. The fourth-order valence-corrected chi connectivity index (χ4v) is 1.96. The van der Waals surface area contributed by atoms with E-state index in [2.05, 4.69) is 5.43 Å². The van der Waals surface area contributed by atoms with Crippen LogP contribution in [-0.2, 0) is 4.79 Å². The molecule has 5 nitrogen and oxygen atoms in total. The molecule has 0 unspecified atom stereocenters. The zero-order valence-electron chi connectivity index (χ0n) is 9.68. The molecule has 1 aliphatic rings. The van der Waals surface area contributed by atoms with E-state index in [-0.39, 0.29) is 25.7 Å². The Morgan fingerprint density at radius 2 is 2.00 bits per heavy atom. The van der Waals surface area contributed by atoms with Crippen molar-refractivity contribution in [2.75, 3.05) is 24.8 Å². The summed E-state index contributed by atoms with van der Waals surface area (Å²) in [5, 5.41) is 20.2. The minimum atomic E-state index is -1.11. The molecule has 17 heavy (non-hydrogen) atoms. The average molecular weight is 236 g/mol. The number of carbonyl (C=O) groups is 1. The van der Waals surface area contributed by atoms with Crippen LogP contribution < -0.4 is 10.4 Å². The van der Waals surface area contributed by atoms with Crippen molar-refractivity contribution in [2.45, 2.75) is 6.92 Å². The summed E-state index contributed by atoms with van der Waals surface area (Å²) in [6.45, 7) is 1.48. The summed E-state index contributed by atoms with van der Waals surface area (Å²) < 4.78 is 0. The standard InChI is InChI=1S/C12H16N2O3/c1-9-4-2-3-5-10(9)14-6-12(7-15,8-16)11(17)13-14/h2-5,15-16H,6-8H2,1H3,(H,13,17). The third kappa shape index (κ3) is 1.87. The van der Waals surface area contributed by atoms with E-state index in [4.69, 9.17) is 0 Å². The second kappa shape index (κ2) is 4.35. The second-order valence-electron chi connectivity index (χ2n) is 4.41. The number of carbonyl (C=O) groups excluding carboxylic acids is 1. The largest absolute Gasteiger partial charge is 0.395 e. The van der Waals surface area contributed by atoms with Crippen LogP contribution in [0.2, 0.25) is 0 Å². The van der Waals surface area contributed by atoms with Gasteiger partial charge in [0.1, 0.15) is 5.41 Å². The van der Waals surface area contributed by atoms with Crippen molar-refractivity contribution in [2.24, 2.45) is 5.41 Å². The SMILES string of the molecule is Cc1ccccc1N1CC(CO)(CO)C(=O)N1. The fourth-order valence-electron chi connectivity index (χ4n) is 1.96. The van der Waals surface area contributed by atoms with Crippen LogP contribution in [0.25, 0.3) is 0 Å². The summed E-state index contributed by atoms with van der Waals surface area (Å²) in [5.74, 6) is -0.342. The molecule has 0 bridgehead atoms. The molecule has 1 aliphatic heterocycles. The molecule has 1 aromatic carbocycles. The van der Waals surface area contributed by atoms with Gasteiger partial charge in [0, 0.05) is 0 Å². The Balaban J connectivity index is 2.28. The van der Waals surface area contributed by atoms with Gasteiger partial charge < -0.3 is 10.2 Å². The Kier molecular flexibility index (Phi) is 3.04. The predicted octanol–water partition coefficient (Wildman–Crippen LogP) is -0.183. The van der Waals surface area contributed by atoms with Crippen LogP contribution in [0.3, 0.4) is 0 Å². The molecule has 0 spiro atoms. The first kappa shape index (κ1) is 11.9. The van der Waals surface area contributed by atoms with Gasteiger partial charge in [0.25, 0.3) is 5.91 Å². The molecule has 2 rings (SSSR count). The van der Waals surface area contributed by atoms with E-state index in [1.807, 2.05) is 31.2 Å². The van der Waals surface area contributed by atoms with Crippen molar-refractivity contribution < 1.29 is 15.0 Å². The molecule has 0 atom stereocenters. The Labute approximate surface area is 99.6 Å². The molecule has 1 fully saturated rings. The van der Waals surface area contributed by atoms with E-state index >= 15 is 0 Å². The predicted molar refractivity (Wildman–Crippen MR) is 63.3 cm³/mol. The molecule has 1 heterocycles. The molecule has 0 aliphatic carbocycles. The van der Waals surface area contributed by atoms with Crippen LogP contribution in [0.1, 0.15) is 5.56 Å². The maximum atomic E-state index is 11.8. The van der Waals surface area contributed by atoms with Gasteiger partial charge in [0.05, 0.1) is 25.4 Å². The number of rotatable bonds is 3. The lowest BCUT2D eigenvalue weighted by Gasteiger charge is -2.22. The minimum absolute atomic E-state index is 0.268. The lowest BCUT2D eigenvalue weighted by atomic mass is 9.90. The molecule has 1 amide bonds. The van der Waals surface area contributed by atoms with Crippen LogP contribution >= 0.6 is 0 Å². The van der Waals surface area contributed by atoms with E-state index < -0.39 is 5.41 Å². The molecule has 3 N–H and O–H groups in total. The number of anilines is 1. The normalized spacial score (nSPS) is 18.3. The molecule has 5 heteroatoms. The molecule has 0 aromatic heterocycles. The molecule has 92 valence electrons. The Morgan fingerprint density at radius 3 is 2.53 bits per heavy atom. The van der Waals surface area contributed by atoms with Crippen LogP contribution in [0.4, 0.5) is 5.69 Å². The van der Waals surface area contributed by atoms with Crippen molar-refractivity contribution in [3.63, 3.8) is 0 Å². The first-order chi connectivity index (χ1) is 8.13. The van der Waals surface area contributed by atoms with Crippen LogP contribution in [0, 0.1) is 12.3 Å². The van der Waals surface area contributed by atoms with E-state index in [0.29, 0.717) is 0 Å². The van der Waals surface area contributed by atoms with Gasteiger partial charge in [-0.2, -0.15) is 0 Å². The Bertz CT molecular complexity index is 430. The number of amides is 1. The number of aliphatic hydroxyl groups is 2. The number of aliphatic hydroxyl groups excluding tert-OH is 2. The highest BCUT2D eigenvalue weighted by atomic mass is 16.3. The van der Waals surface area contributed by atoms with Crippen LogP contribution in [0.15, 0.2) is 24.3 Å². The number of hydrazine groups is 1. The fraction of sp³-hybridized carbons (Fsp3) is 0.417. The number of hydrogen-bond donors (Lipinski definition) is 3. The first-order valence-corrected chi connectivity index (χ1v) is 5.49. The lowest BCUT2D eigenvalue weighted by Crippen LogP contribution is -2.39. The van der Waals surface area contributed by atoms with E-state index in [9.17, 15) is 15.0 Å². The van der Waals surface area contributed by atoms with Crippen molar-refractivity contribution in [1.82, 2.24) is 5.43 Å². The highest BCUT2D eigenvalue weighted by molar-refractivity contribution is 5.88. The minimum Gasteiger partial charge on any atom is -0.395 e. The second-order valence-corrected chi connectivity index (χ2v) is 4.41. The Morgan fingerprint density at radius 1 is 1.35 bits per heavy atom. The van der Waals surface area contributed by atoms with Crippen molar-refractivity contribution >= 4 is 11.6 Å². The summed E-state index contributed by atoms with van der Waals surface area (Å²) in [4.78, 5) is 11.8. The molecule has 1 saturated heterocycles. The summed E-state index contributed by atoms with van der Waals surface area (Å²) in [7, 11) is 0. The highest BCUT2D eigenvalue weighted by Gasteiger charge is 2.46. The summed E-state index contributed by atoms with van der Waals surface area (Å²) in [6.07, 6.45) is 0. The first-order valence-electron chi connectivity index (χ1n) is 5.49. The third-order valence-electron chi connectivity index (χ3n) is 3.19. The quantitative estimate of drug-likeness (QED) is 0.680. The molecular formula is C12H16N2O3. The lowest BCUT2D eigenvalue weighted by molar-refractivity contribution is -0.131. The number of para-hydroxylation sites is 1. The number of nitrogens with one attached hydrogen (secondary N) is 1. The summed E-state index contributed by atoms with van der Waals surface area (Å²) in [5.41, 5.74) is 3.48. The number of aryl methyl sites for hydroxylation is 1. The zero-order valence-corrected chi connectivity index (χ0v) is 9.68. The van der Waals surface area contributed by atoms with Gasteiger partial charge in [-0.1, -0.05) is 18.2 Å². The highest BCUT2D eigenvalue weighted by Crippen LogP contribution is 2.28. The maximum Gasteiger partial charge on any atom is 0.251 e. The van der Waals surface area contributed by atoms with Gasteiger partial charge in [-0.25, -0.2) is 0 Å². The van der Waals surface area contributed by atoms with E-state index in [1.165, 1.54) is 0 Å². The van der Waals surface area contributed by atoms with Gasteiger partial charge in [-0.15, -0.1) is 0 Å². The van der Waals surface area contributed by atoms with Gasteiger partial charge in [-0.05, 0) is 18.6 Å². The van der Waals surface area contributed by atoms with Gasteiger partial charge in [0.2, 0.25) is 0 Å². The molecule has 0 radical (unpaired) electrons. The number of benzene rings is 1. The average Bonchev–Trinajstić information content (AvgIpc) is 2.67. The van der Waals surface area contributed by atoms with E-state index in [1.54, 1.807) is 5.01 Å². The zero-order chi connectivity index (χ0) is 12.5. The Hall–Kier alpha value is -1.59. The van der Waals surface area contributed by atoms with Crippen LogP contribution in [-0.4, -0.2) is 35.9 Å². The topological polar surface area (TPSA) is 72.8 Å².